The Kier molecular flexibility index (Phi) is 4.01. The molecule has 1 heterocycles. The molecular weight excluding hydrogens is 251 g/mol. The van der Waals surface area contributed by atoms with E-state index in [-0.39, 0.29) is 18.9 Å². The highest BCUT2D eigenvalue weighted by Crippen LogP contribution is 2.16. The van der Waals surface area contributed by atoms with Gasteiger partial charge < -0.3 is 20.8 Å². The summed E-state index contributed by atoms with van der Waals surface area (Å²) in [5.41, 5.74) is -0.417. The first-order valence-corrected chi connectivity index (χ1v) is 6.16. The lowest BCUT2D eigenvalue weighted by Gasteiger charge is -2.21. The van der Waals surface area contributed by atoms with Crippen molar-refractivity contribution < 1.29 is 19.4 Å². The van der Waals surface area contributed by atoms with Crippen LogP contribution >= 0.6 is 0 Å². The zero-order valence-corrected chi connectivity index (χ0v) is 10.4. The molecule has 0 radical (unpaired) electrons. The standard InChI is InChI=1S/C13H17FN2O3/c14-10-5-9(1-2-11(10)17)6-12(18)16-8-13(19)3-4-15-7-13/h1-2,5,15,17,19H,3-4,6-8H2,(H,16,18)/t13-/m0/s1. The normalized spacial score (nSPS) is 22.4. The van der Waals surface area contributed by atoms with E-state index >= 15 is 0 Å². The number of hydrogen-bond donors (Lipinski definition) is 4. The number of rotatable bonds is 4. The Balaban J connectivity index is 1.85. The van der Waals surface area contributed by atoms with Crippen LogP contribution in [0, 0.1) is 5.82 Å². The molecule has 104 valence electrons. The van der Waals surface area contributed by atoms with E-state index in [0.29, 0.717) is 18.5 Å². The van der Waals surface area contributed by atoms with Crippen LogP contribution in [0.25, 0.3) is 0 Å². The van der Waals surface area contributed by atoms with Gasteiger partial charge in [0.05, 0.1) is 12.0 Å². The summed E-state index contributed by atoms with van der Waals surface area (Å²) < 4.78 is 13.1. The summed E-state index contributed by atoms with van der Waals surface area (Å²) >= 11 is 0. The average molecular weight is 268 g/mol. The summed E-state index contributed by atoms with van der Waals surface area (Å²) in [7, 11) is 0. The molecule has 5 nitrogen and oxygen atoms in total. The van der Waals surface area contributed by atoms with Gasteiger partial charge in [0, 0.05) is 13.1 Å². The van der Waals surface area contributed by atoms with E-state index in [1.54, 1.807) is 0 Å². The van der Waals surface area contributed by atoms with Crippen molar-refractivity contribution in [1.29, 1.82) is 0 Å². The quantitative estimate of drug-likeness (QED) is 0.615. The second-order valence-corrected chi connectivity index (χ2v) is 4.89. The van der Waals surface area contributed by atoms with E-state index < -0.39 is 17.2 Å². The van der Waals surface area contributed by atoms with Gasteiger partial charge in [-0.05, 0) is 30.7 Å². The zero-order valence-electron chi connectivity index (χ0n) is 10.4. The number of phenolic OH excluding ortho intramolecular Hbond substituents is 1. The van der Waals surface area contributed by atoms with E-state index in [0.717, 1.165) is 12.6 Å². The fourth-order valence-electron chi connectivity index (χ4n) is 2.05. The third kappa shape index (κ3) is 3.65. The van der Waals surface area contributed by atoms with E-state index in [9.17, 15) is 14.3 Å². The number of halogens is 1. The van der Waals surface area contributed by atoms with E-state index in [4.69, 9.17) is 5.11 Å². The van der Waals surface area contributed by atoms with Gasteiger partial charge in [0.25, 0.3) is 0 Å². The van der Waals surface area contributed by atoms with Crippen LogP contribution in [0.15, 0.2) is 18.2 Å². The van der Waals surface area contributed by atoms with Crippen LogP contribution in [0.3, 0.4) is 0 Å². The molecule has 6 heteroatoms. The smallest absolute Gasteiger partial charge is 0.224 e. The summed E-state index contributed by atoms with van der Waals surface area (Å²) in [5.74, 6) is -1.47. The Morgan fingerprint density at radius 2 is 2.32 bits per heavy atom. The number of carbonyl (C=O) groups is 1. The molecule has 19 heavy (non-hydrogen) atoms. The predicted octanol–water partition coefficient (Wildman–Crippen LogP) is -0.0856. The zero-order chi connectivity index (χ0) is 13.9. The molecule has 0 aliphatic carbocycles. The van der Waals surface area contributed by atoms with Gasteiger partial charge in [0.2, 0.25) is 5.91 Å². The van der Waals surface area contributed by atoms with Crippen molar-refractivity contribution in [2.24, 2.45) is 0 Å². The van der Waals surface area contributed by atoms with E-state index in [1.807, 2.05) is 0 Å². The van der Waals surface area contributed by atoms with Crippen molar-refractivity contribution in [2.75, 3.05) is 19.6 Å². The van der Waals surface area contributed by atoms with Crippen molar-refractivity contribution in [3.05, 3.63) is 29.6 Å². The molecule has 1 aliphatic rings. The molecule has 0 aromatic heterocycles. The number of aromatic hydroxyl groups is 1. The molecule has 2 rings (SSSR count). The number of β-amino-alcohol motifs (C(OH)–C–C–N with tert-alkyl or cyclic N) is 1. The SMILES string of the molecule is O=C(Cc1ccc(O)c(F)c1)NC[C@]1(O)CCNC1. The molecule has 0 saturated carbocycles. The van der Waals surface area contributed by atoms with Crippen LogP contribution in [0.2, 0.25) is 0 Å². The van der Waals surface area contributed by atoms with Gasteiger partial charge in [-0.15, -0.1) is 0 Å². The Morgan fingerprint density at radius 3 is 2.95 bits per heavy atom. The Bertz CT molecular complexity index is 473. The monoisotopic (exact) mass is 268 g/mol. The number of hydrogen-bond acceptors (Lipinski definition) is 4. The largest absolute Gasteiger partial charge is 0.505 e. The second-order valence-electron chi connectivity index (χ2n) is 4.89. The second kappa shape index (κ2) is 5.54. The lowest BCUT2D eigenvalue weighted by Crippen LogP contribution is -2.44. The Labute approximate surface area is 110 Å². The number of carbonyl (C=O) groups excluding carboxylic acids is 1. The minimum Gasteiger partial charge on any atom is -0.505 e. The Hall–Kier alpha value is -1.66. The molecule has 1 aliphatic heterocycles. The van der Waals surface area contributed by atoms with Gasteiger partial charge in [-0.2, -0.15) is 0 Å². The van der Waals surface area contributed by atoms with Crippen LogP contribution in [0.4, 0.5) is 4.39 Å². The van der Waals surface area contributed by atoms with Gasteiger partial charge >= 0.3 is 0 Å². The van der Waals surface area contributed by atoms with Crippen LogP contribution in [0.1, 0.15) is 12.0 Å². The van der Waals surface area contributed by atoms with E-state index in [2.05, 4.69) is 10.6 Å². The summed E-state index contributed by atoms with van der Waals surface area (Å²) in [6.45, 7) is 1.37. The number of aliphatic hydroxyl groups is 1. The molecule has 1 aromatic carbocycles. The van der Waals surface area contributed by atoms with Crippen molar-refractivity contribution in [3.8, 4) is 5.75 Å². The highest BCUT2D eigenvalue weighted by atomic mass is 19.1. The molecule has 0 unspecified atom stereocenters. The first-order valence-electron chi connectivity index (χ1n) is 6.16. The molecular formula is C13H17FN2O3. The van der Waals surface area contributed by atoms with E-state index in [1.165, 1.54) is 12.1 Å². The summed E-state index contributed by atoms with van der Waals surface area (Å²) in [5, 5.41) is 24.7. The maximum atomic E-state index is 13.1. The summed E-state index contributed by atoms with van der Waals surface area (Å²) in [6, 6.07) is 3.83. The minimum absolute atomic E-state index is 0.0146. The fraction of sp³-hybridized carbons (Fsp3) is 0.462. The first-order chi connectivity index (χ1) is 8.98. The number of phenols is 1. The van der Waals surface area contributed by atoms with Crippen molar-refractivity contribution in [1.82, 2.24) is 10.6 Å². The maximum absolute atomic E-state index is 13.1. The molecule has 1 fully saturated rings. The van der Waals surface area contributed by atoms with Gasteiger partial charge in [0.1, 0.15) is 0 Å². The lowest BCUT2D eigenvalue weighted by molar-refractivity contribution is -0.121. The molecule has 1 aromatic rings. The summed E-state index contributed by atoms with van der Waals surface area (Å²) in [6.07, 6.45) is 0.613. The Morgan fingerprint density at radius 1 is 1.53 bits per heavy atom. The number of amides is 1. The molecule has 0 spiro atoms. The molecule has 1 atom stereocenters. The molecule has 1 saturated heterocycles. The summed E-state index contributed by atoms with van der Waals surface area (Å²) in [4.78, 5) is 11.7. The highest BCUT2D eigenvalue weighted by molar-refractivity contribution is 5.78. The third-order valence-corrected chi connectivity index (χ3v) is 3.21. The lowest BCUT2D eigenvalue weighted by atomic mass is 10.0. The van der Waals surface area contributed by atoms with Crippen molar-refractivity contribution >= 4 is 5.91 Å². The minimum atomic E-state index is -0.893. The van der Waals surface area contributed by atoms with Gasteiger partial charge in [-0.1, -0.05) is 6.07 Å². The molecule has 0 bridgehead atoms. The number of nitrogens with one attached hydrogen (secondary N) is 2. The average Bonchev–Trinajstić information content (AvgIpc) is 2.79. The number of benzene rings is 1. The maximum Gasteiger partial charge on any atom is 0.224 e. The fourth-order valence-corrected chi connectivity index (χ4v) is 2.05. The van der Waals surface area contributed by atoms with Crippen LogP contribution in [-0.4, -0.2) is 41.4 Å². The van der Waals surface area contributed by atoms with Gasteiger partial charge in [-0.3, -0.25) is 4.79 Å². The van der Waals surface area contributed by atoms with Crippen molar-refractivity contribution in [2.45, 2.75) is 18.4 Å². The third-order valence-electron chi connectivity index (χ3n) is 3.21. The van der Waals surface area contributed by atoms with Gasteiger partial charge in [-0.25, -0.2) is 4.39 Å². The predicted molar refractivity (Wildman–Crippen MR) is 67.2 cm³/mol. The highest BCUT2D eigenvalue weighted by Gasteiger charge is 2.31. The molecule has 4 N–H and O–H groups in total. The van der Waals surface area contributed by atoms with Crippen LogP contribution in [-0.2, 0) is 11.2 Å². The first kappa shape index (κ1) is 13.8. The topological polar surface area (TPSA) is 81.6 Å². The van der Waals surface area contributed by atoms with Crippen LogP contribution < -0.4 is 10.6 Å². The molecule has 1 amide bonds. The van der Waals surface area contributed by atoms with Crippen molar-refractivity contribution in [3.63, 3.8) is 0 Å². The van der Waals surface area contributed by atoms with Crippen LogP contribution in [0.5, 0.6) is 5.75 Å². The van der Waals surface area contributed by atoms with Gasteiger partial charge in [0.15, 0.2) is 11.6 Å².